The number of aliphatic hydroxyl groups is 1. The fourth-order valence-electron chi connectivity index (χ4n) is 1.73. The van der Waals surface area contributed by atoms with Gasteiger partial charge >= 0.3 is 0 Å². The molecule has 0 aliphatic carbocycles. The van der Waals surface area contributed by atoms with Crippen LogP contribution in [0.1, 0.15) is 0 Å². The van der Waals surface area contributed by atoms with Crippen LogP contribution in [0.25, 0.3) is 0 Å². The lowest BCUT2D eigenvalue weighted by molar-refractivity contribution is 0.190. The van der Waals surface area contributed by atoms with Crippen LogP contribution in [0.4, 0.5) is 5.69 Å². The smallest absolute Gasteiger partial charge is 0.155 e. The highest BCUT2D eigenvalue weighted by atomic mass is 35.5. The summed E-state index contributed by atoms with van der Waals surface area (Å²) in [4.78, 5) is 0. The van der Waals surface area contributed by atoms with Gasteiger partial charge in [0.2, 0.25) is 0 Å². The van der Waals surface area contributed by atoms with Crippen molar-refractivity contribution >= 4 is 27.1 Å². The maximum atomic E-state index is 11.3. The molecule has 0 unspecified atom stereocenters. The monoisotopic (exact) mass is 261 g/mol. The van der Waals surface area contributed by atoms with Crippen LogP contribution in [-0.2, 0) is 9.84 Å². The number of nitrogens with one attached hydrogen (secondary N) is 1. The Morgan fingerprint density at radius 3 is 2.38 bits per heavy atom. The summed E-state index contributed by atoms with van der Waals surface area (Å²) in [6.07, 6.45) is -0.847. The van der Waals surface area contributed by atoms with Gasteiger partial charge < -0.3 is 10.4 Å². The second-order valence-corrected chi connectivity index (χ2v) is 6.49. The molecule has 2 N–H and O–H groups in total. The number of sulfone groups is 1. The number of aliphatic hydroxyl groups excluding tert-OH is 1. The van der Waals surface area contributed by atoms with Gasteiger partial charge in [-0.1, -0.05) is 11.6 Å². The van der Waals surface area contributed by atoms with Crippen molar-refractivity contribution in [3.05, 3.63) is 29.3 Å². The average Bonchev–Trinajstić information content (AvgIpc) is 2.44. The van der Waals surface area contributed by atoms with Crippen molar-refractivity contribution in [2.24, 2.45) is 0 Å². The average molecular weight is 262 g/mol. The topological polar surface area (TPSA) is 66.4 Å². The molecule has 1 aromatic carbocycles. The first-order valence-electron chi connectivity index (χ1n) is 4.87. The van der Waals surface area contributed by atoms with Gasteiger partial charge in [-0.05, 0) is 24.3 Å². The first kappa shape index (κ1) is 11.7. The van der Waals surface area contributed by atoms with E-state index in [2.05, 4.69) is 5.32 Å². The Balaban J connectivity index is 2.08. The quantitative estimate of drug-likeness (QED) is 0.831. The van der Waals surface area contributed by atoms with Gasteiger partial charge in [0.1, 0.15) is 0 Å². The normalized spacial score (nSPS) is 27.9. The highest BCUT2D eigenvalue weighted by molar-refractivity contribution is 7.91. The molecular formula is C10H12ClNO3S. The summed E-state index contributed by atoms with van der Waals surface area (Å²) in [5, 5.41) is 13.2. The second kappa shape index (κ2) is 4.24. The van der Waals surface area contributed by atoms with Crippen molar-refractivity contribution in [1.29, 1.82) is 0 Å². The zero-order valence-electron chi connectivity index (χ0n) is 8.43. The van der Waals surface area contributed by atoms with Crippen LogP contribution in [0.5, 0.6) is 0 Å². The predicted octanol–water partition coefficient (Wildman–Crippen LogP) is 0.910. The molecule has 2 atom stereocenters. The highest BCUT2D eigenvalue weighted by Crippen LogP contribution is 2.19. The second-order valence-electron chi connectivity index (χ2n) is 3.90. The lowest BCUT2D eigenvalue weighted by Gasteiger charge is -2.16. The Labute approximate surface area is 99.2 Å². The van der Waals surface area contributed by atoms with Crippen molar-refractivity contribution in [1.82, 2.24) is 0 Å². The number of hydrogen-bond acceptors (Lipinski definition) is 4. The molecule has 6 heteroatoms. The van der Waals surface area contributed by atoms with Gasteiger partial charge in [0.15, 0.2) is 9.84 Å². The van der Waals surface area contributed by atoms with Crippen LogP contribution in [-0.4, -0.2) is 37.2 Å². The van der Waals surface area contributed by atoms with E-state index in [-0.39, 0.29) is 11.5 Å². The molecule has 1 aliphatic heterocycles. The third-order valence-corrected chi connectivity index (χ3v) is 4.49. The fourth-order valence-corrected chi connectivity index (χ4v) is 3.59. The molecular weight excluding hydrogens is 250 g/mol. The minimum atomic E-state index is -3.11. The molecule has 0 bridgehead atoms. The number of rotatable bonds is 2. The molecule has 0 saturated carbocycles. The summed E-state index contributed by atoms with van der Waals surface area (Å²) >= 11 is 5.73. The SMILES string of the molecule is O=S1(=O)C[C@@H](O)[C@@H](Nc2ccc(Cl)cc2)C1. The van der Waals surface area contributed by atoms with E-state index in [0.717, 1.165) is 5.69 Å². The van der Waals surface area contributed by atoms with Crippen LogP contribution in [0.2, 0.25) is 5.02 Å². The van der Waals surface area contributed by atoms with Gasteiger partial charge in [0, 0.05) is 10.7 Å². The predicted molar refractivity (Wildman–Crippen MR) is 63.5 cm³/mol. The van der Waals surface area contributed by atoms with Gasteiger partial charge in [0.25, 0.3) is 0 Å². The minimum Gasteiger partial charge on any atom is -0.390 e. The molecule has 1 aromatic rings. The number of anilines is 1. The van der Waals surface area contributed by atoms with E-state index in [1.807, 2.05) is 0 Å². The Hall–Kier alpha value is -0.780. The molecule has 4 nitrogen and oxygen atoms in total. The third kappa shape index (κ3) is 2.66. The van der Waals surface area contributed by atoms with E-state index >= 15 is 0 Å². The summed E-state index contributed by atoms with van der Waals surface area (Å²) in [5.41, 5.74) is 0.755. The third-order valence-electron chi connectivity index (χ3n) is 2.52. The summed E-state index contributed by atoms with van der Waals surface area (Å²) in [5.74, 6) is -0.199. The molecule has 2 rings (SSSR count). The molecule has 0 amide bonds. The van der Waals surface area contributed by atoms with Gasteiger partial charge in [-0.2, -0.15) is 0 Å². The van der Waals surface area contributed by atoms with Gasteiger partial charge in [0.05, 0.1) is 23.7 Å². The maximum Gasteiger partial charge on any atom is 0.155 e. The number of hydrogen-bond donors (Lipinski definition) is 2. The largest absolute Gasteiger partial charge is 0.390 e. The molecule has 1 saturated heterocycles. The van der Waals surface area contributed by atoms with Gasteiger partial charge in [-0.15, -0.1) is 0 Å². The van der Waals surface area contributed by atoms with E-state index < -0.39 is 22.0 Å². The zero-order valence-corrected chi connectivity index (χ0v) is 10.0. The van der Waals surface area contributed by atoms with Crippen molar-refractivity contribution < 1.29 is 13.5 Å². The maximum absolute atomic E-state index is 11.3. The summed E-state index contributed by atoms with van der Waals surface area (Å²) < 4.78 is 22.5. The Morgan fingerprint density at radius 2 is 1.88 bits per heavy atom. The van der Waals surface area contributed by atoms with Crippen LogP contribution >= 0.6 is 11.6 Å². The number of halogens is 1. The van der Waals surface area contributed by atoms with Crippen LogP contribution in [0.3, 0.4) is 0 Å². The molecule has 16 heavy (non-hydrogen) atoms. The van der Waals surface area contributed by atoms with Crippen LogP contribution in [0, 0.1) is 0 Å². The van der Waals surface area contributed by atoms with E-state index in [1.165, 1.54) is 0 Å². The summed E-state index contributed by atoms with van der Waals surface area (Å²) in [7, 11) is -3.11. The Kier molecular flexibility index (Phi) is 3.10. The standard InChI is InChI=1S/C10H12ClNO3S/c11-7-1-3-8(4-2-7)12-9-5-16(14,15)6-10(9)13/h1-4,9-10,12-13H,5-6H2/t9-,10+/m0/s1. The van der Waals surface area contributed by atoms with Gasteiger partial charge in [-0.3, -0.25) is 0 Å². The lowest BCUT2D eigenvalue weighted by Crippen LogP contribution is -2.31. The van der Waals surface area contributed by atoms with E-state index in [1.54, 1.807) is 24.3 Å². The van der Waals surface area contributed by atoms with E-state index in [9.17, 15) is 13.5 Å². The molecule has 1 heterocycles. The zero-order chi connectivity index (χ0) is 11.8. The van der Waals surface area contributed by atoms with Crippen molar-refractivity contribution in [2.75, 3.05) is 16.8 Å². The Bertz CT molecular complexity index is 471. The highest BCUT2D eigenvalue weighted by Gasteiger charge is 2.36. The summed E-state index contributed by atoms with van der Waals surface area (Å²) in [6, 6.07) is 6.48. The molecule has 0 aromatic heterocycles. The van der Waals surface area contributed by atoms with Crippen molar-refractivity contribution in [3.63, 3.8) is 0 Å². The molecule has 0 radical (unpaired) electrons. The van der Waals surface area contributed by atoms with Crippen molar-refractivity contribution in [2.45, 2.75) is 12.1 Å². The molecule has 0 spiro atoms. The van der Waals surface area contributed by atoms with Crippen LogP contribution < -0.4 is 5.32 Å². The van der Waals surface area contributed by atoms with Crippen molar-refractivity contribution in [3.8, 4) is 0 Å². The number of benzene rings is 1. The van der Waals surface area contributed by atoms with E-state index in [4.69, 9.17) is 11.6 Å². The van der Waals surface area contributed by atoms with Gasteiger partial charge in [-0.25, -0.2) is 8.42 Å². The Morgan fingerprint density at radius 1 is 1.25 bits per heavy atom. The first-order valence-corrected chi connectivity index (χ1v) is 7.07. The van der Waals surface area contributed by atoms with Crippen LogP contribution in [0.15, 0.2) is 24.3 Å². The first-order chi connectivity index (χ1) is 7.46. The fraction of sp³-hybridized carbons (Fsp3) is 0.400. The summed E-state index contributed by atoms with van der Waals surface area (Å²) in [6.45, 7) is 0. The minimum absolute atomic E-state index is 0.0310. The lowest BCUT2D eigenvalue weighted by atomic mass is 10.2. The molecule has 1 fully saturated rings. The van der Waals surface area contributed by atoms with E-state index in [0.29, 0.717) is 5.02 Å². The molecule has 1 aliphatic rings. The molecule has 88 valence electrons.